The summed E-state index contributed by atoms with van der Waals surface area (Å²) < 4.78 is 0. The number of rotatable bonds is 8. The summed E-state index contributed by atoms with van der Waals surface area (Å²) in [6.45, 7) is 13.1. The molecular formula is C78H58N12Pt2-6. The summed E-state index contributed by atoms with van der Waals surface area (Å²) >= 11 is 0. The second-order valence-electron chi connectivity index (χ2n) is 24.0. The van der Waals surface area contributed by atoms with Crippen LogP contribution in [0.2, 0.25) is 0 Å². The van der Waals surface area contributed by atoms with Crippen LogP contribution in [-0.4, -0.2) is 63.8 Å². The molecule has 4 unspecified atom stereocenters. The Hall–Kier alpha value is -9.60. The first kappa shape index (κ1) is 58.7. The first-order valence-corrected chi connectivity index (χ1v) is 30.4. The molecule has 92 heavy (non-hydrogen) atoms. The van der Waals surface area contributed by atoms with E-state index in [9.17, 15) is 0 Å². The Balaban J connectivity index is 0.000000149. The SMILES string of the molecule is CC1=C(C)N(C2(c3[c-]c(C4(c5cc[n-]n5)c5ccccc5-c5cccnc54)ccc3)c3ccccc3-c3cccnc32)[CH-]N1C.CC1=C(C)N(C2(c3c[c-]c(C4(c5cc[n-]n5)c5ccccc5-c5cccnc54)cc3)c3ccccc3-c3cccnc32)[CH-]N1C.[Pt].[Pt]. The first-order chi connectivity index (χ1) is 44.1. The van der Waals surface area contributed by atoms with Crippen molar-refractivity contribution in [3.63, 3.8) is 0 Å². The van der Waals surface area contributed by atoms with Gasteiger partial charge in [-0.2, -0.15) is 74.3 Å². The maximum Gasteiger partial charge on any atom is 0.0862 e. The van der Waals surface area contributed by atoms with Gasteiger partial charge >= 0.3 is 0 Å². The Morgan fingerprint density at radius 2 is 0.761 bits per heavy atom. The van der Waals surface area contributed by atoms with E-state index < -0.39 is 21.9 Å². The quantitative estimate of drug-likeness (QED) is 0.135. The molecule has 0 spiro atoms. The predicted octanol–water partition coefficient (Wildman–Crippen LogP) is 13.8. The monoisotopic (exact) mass is 1550 g/mol. The van der Waals surface area contributed by atoms with Gasteiger partial charge in [0.15, 0.2) is 0 Å². The van der Waals surface area contributed by atoms with Gasteiger partial charge in [0, 0.05) is 101 Å². The normalized spacial score (nSPS) is 20.7. The van der Waals surface area contributed by atoms with Gasteiger partial charge in [-0.15, -0.1) is 22.3 Å². The van der Waals surface area contributed by atoms with Gasteiger partial charge in [0.25, 0.3) is 0 Å². The van der Waals surface area contributed by atoms with Crippen LogP contribution in [0, 0.1) is 25.5 Å². The van der Waals surface area contributed by atoms with Gasteiger partial charge in [0.05, 0.1) is 44.7 Å². The third-order valence-corrected chi connectivity index (χ3v) is 20.1. The molecule has 12 aromatic rings. The molecule has 6 aromatic heterocycles. The van der Waals surface area contributed by atoms with Crippen molar-refractivity contribution in [2.24, 2.45) is 0 Å². The van der Waals surface area contributed by atoms with E-state index in [1.54, 1.807) is 12.4 Å². The Morgan fingerprint density at radius 3 is 1.21 bits per heavy atom. The van der Waals surface area contributed by atoms with Crippen LogP contribution in [0.5, 0.6) is 0 Å². The van der Waals surface area contributed by atoms with Crippen LogP contribution < -0.4 is 10.2 Å². The Kier molecular flexibility index (Phi) is 14.1. The standard InChI is InChI=1S/2C39H29N6.2Pt/c1-25-26(2)45(24-44(25)3)39(34-18-7-5-14-30(34)32-16-10-21-41-37(32)39)28-12-8-11-27(23-28)38(35-19-22-42-43-35)33-17-6-4-13-29(33)31-15-9-20-40-36(31)38;1-25-26(2)45(24-44(25)3)39(34-15-7-5-11-30(34)32-13-9-22-41-37(32)39)28-18-16-27(17-19-28)38(35-20-23-42-43-35)33-14-6-4-10-29(33)31-12-8-21-40-36(31)38;;/h4-22,24H,1-3H3;4-16,18-24H,1-3H3;;/q2*-3;;. The summed E-state index contributed by atoms with van der Waals surface area (Å²) in [5.41, 5.74) is 25.2. The van der Waals surface area contributed by atoms with Crippen molar-refractivity contribution < 1.29 is 42.1 Å². The molecule has 0 saturated heterocycles. The summed E-state index contributed by atoms with van der Waals surface area (Å²) in [4.78, 5) is 29.5. The van der Waals surface area contributed by atoms with E-state index in [4.69, 9.17) is 25.0 Å². The van der Waals surface area contributed by atoms with Gasteiger partial charge in [-0.3, -0.25) is 19.9 Å². The average molecular weight is 1550 g/mol. The number of allylic oxidation sites excluding steroid dienone is 4. The molecule has 2 aliphatic heterocycles. The Bertz CT molecular complexity index is 4760. The van der Waals surface area contributed by atoms with Crippen LogP contribution in [0.25, 0.3) is 44.5 Å². The van der Waals surface area contributed by atoms with E-state index in [-0.39, 0.29) is 42.1 Å². The number of pyridine rings is 4. The van der Waals surface area contributed by atoms with E-state index in [2.05, 4.69) is 260 Å². The third-order valence-electron chi connectivity index (χ3n) is 20.1. The maximum atomic E-state index is 5.14. The Labute approximate surface area is 564 Å². The van der Waals surface area contributed by atoms with E-state index in [1.165, 1.54) is 45.0 Å². The predicted molar refractivity (Wildman–Crippen MR) is 347 cm³/mol. The Morgan fingerprint density at radius 1 is 0.370 bits per heavy atom. The summed E-state index contributed by atoms with van der Waals surface area (Å²) in [6, 6.07) is 76.2. The van der Waals surface area contributed by atoms with Crippen molar-refractivity contribution in [2.45, 2.75) is 49.6 Å². The molecule has 0 saturated carbocycles. The largest absolute Gasteiger partial charge is 0.581 e. The van der Waals surface area contributed by atoms with Crippen molar-refractivity contribution in [1.29, 1.82) is 0 Å². The van der Waals surface area contributed by atoms with Crippen molar-refractivity contribution >= 4 is 0 Å². The fourth-order valence-corrected chi connectivity index (χ4v) is 15.9. The molecule has 4 atom stereocenters. The minimum absolute atomic E-state index is 0. The first-order valence-electron chi connectivity index (χ1n) is 30.4. The summed E-state index contributed by atoms with van der Waals surface area (Å²) in [5, 5.41) is 18.0. The zero-order valence-electron chi connectivity index (χ0n) is 51.1. The molecular weight excluding hydrogens is 1500 g/mol. The zero-order chi connectivity index (χ0) is 60.7. The van der Waals surface area contributed by atoms with Gasteiger partial charge in [-0.25, -0.2) is 0 Å². The molecule has 12 nitrogen and oxygen atoms in total. The second-order valence-corrected chi connectivity index (χ2v) is 24.0. The van der Waals surface area contributed by atoms with Crippen molar-refractivity contribution in [1.82, 2.24) is 59.9 Å². The molecule has 0 amide bonds. The number of fused-ring (bicyclic) bond motifs is 12. The van der Waals surface area contributed by atoms with E-state index >= 15 is 0 Å². The second kappa shape index (κ2) is 22.1. The van der Waals surface area contributed by atoms with Crippen LogP contribution in [0.15, 0.2) is 254 Å². The molecule has 8 heterocycles. The van der Waals surface area contributed by atoms with Gasteiger partial charge in [-0.1, -0.05) is 133 Å². The van der Waals surface area contributed by atoms with Crippen molar-refractivity contribution in [2.75, 3.05) is 14.1 Å². The van der Waals surface area contributed by atoms with Crippen LogP contribution in [0.4, 0.5) is 0 Å². The zero-order valence-corrected chi connectivity index (χ0v) is 55.6. The molecule has 0 fully saturated rings. The molecule has 0 radical (unpaired) electrons. The topological polar surface area (TPSA) is 118 Å². The fraction of sp³-hybridized carbons (Fsp3) is 0.128. The van der Waals surface area contributed by atoms with E-state index in [0.717, 1.165) is 101 Å². The van der Waals surface area contributed by atoms with E-state index in [0.29, 0.717) is 0 Å². The van der Waals surface area contributed by atoms with Gasteiger partial charge in [-0.05, 0) is 133 Å². The van der Waals surface area contributed by atoms with E-state index in [1.807, 2.05) is 61.2 Å². The van der Waals surface area contributed by atoms with Crippen LogP contribution >= 0.6 is 0 Å². The van der Waals surface area contributed by atoms with Crippen LogP contribution in [0.1, 0.15) is 106 Å². The molecule has 0 bridgehead atoms. The molecule has 0 N–H and O–H groups in total. The number of benzene rings is 6. The average Bonchev–Trinajstić information content (AvgIpc) is 1.53. The number of hydrogen-bond donors (Lipinski definition) is 0. The summed E-state index contributed by atoms with van der Waals surface area (Å²) in [5.74, 6) is 0. The van der Waals surface area contributed by atoms with Gasteiger partial charge in [0.2, 0.25) is 0 Å². The summed E-state index contributed by atoms with van der Waals surface area (Å²) in [6.07, 6.45) is 11.1. The maximum absolute atomic E-state index is 5.14. The van der Waals surface area contributed by atoms with Gasteiger partial charge in [0.1, 0.15) is 0 Å². The number of aromatic nitrogens is 8. The summed E-state index contributed by atoms with van der Waals surface area (Å²) in [7, 11) is 4.21. The molecule has 14 heteroatoms. The molecule has 18 rings (SSSR count). The molecule has 456 valence electrons. The van der Waals surface area contributed by atoms with Crippen molar-refractivity contribution in [3.8, 4) is 44.5 Å². The molecule has 4 aliphatic carbocycles. The number of hydrogen-bond acceptors (Lipinski definition) is 10. The van der Waals surface area contributed by atoms with Crippen molar-refractivity contribution in [3.05, 3.63) is 358 Å². The van der Waals surface area contributed by atoms with Crippen LogP contribution in [-0.2, 0) is 64.0 Å². The smallest absolute Gasteiger partial charge is 0.0862 e. The minimum atomic E-state index is -0.793. The fourth-order valence-electron chi connectivity index (χ4n) is 15.9. The minimum Gasteiger partial charge on any atom is -0.581 e. The van der Waals surface area contributed by atoms with Gasteiger partial charge < -0.3 is 40.0 Å². The molecule has 6 aliphatic rings. The number of nitrogens with zero attached hydrogens (tertiary/aromatic N) is 12. The molecule has 6 aromatic carbocycles. The third kappa shape index (κ3) is 7.71. The van der Waals surface area contributed by atoms with Crippen LogP contribution in [0.3, 0.4) is 0 Å².